The van der Waals surface area contributed by atoms with Gasteiger partial charge in [0.25, 0.3) is 6.43 Å². The summed E-state index contributed by atoms with van der Waals surface area (Å²) in [5, 5.41) is 12.0. The third kappa shape index (κ3) is 3.29. The molecule has 0 saturated heterocycles. The van der Waals surface area contributed by atoms with E-state index in [9.17, 15) is 13.2 Å². The smallest absolute Gasteiger partial charge is 0.263 e. The Balaban J connectivity index is 2.18. The SMILES string of the molecule is N#CC(Nc1cccc(F)c1)c1ccc(C(F)F)cc1. The zero-order chi connectivity index (χ0) is 14.5. The number of halogens is 3. The third-order valence-electron chi connectivity index (χ3n) is 2.79. The van der Waals surface area contributed by atoms with Crippen molar-refractivity contribution >= 4 is 5.69 Å². The summed E-state index contributed by atoms with van der Waals surface area (Å²) in [6, 6.07) is 12.5. The molecule has 0 aliphatic carbocycles. The van der Waals surface area contributed by atoms with Gasteiger partial charge in [-0.3, -0.25) is 0 Å². The number of hydrogen-bond donors (Lipinski definition) is 1. The van der Waals surface area contributed by atoms with Gasteiger partial charge in [0.05, 0.1) is 6.07 Å². The average Bonchev–Trinajstić information content (AvgIpc) is 2.45. The summed E-state index contributed by atoms with van der Waals surface area (Å²) in [6.07, 6.45) is -2.54. The second kappa shape index (κ2) is 6.11. The monoisotopic (exact) mass is 276 g/mol. The minimum Gasteiger partial charge on any atom is -0.366 e. The van der Waals surface area contributed by atoms with Crippen LogP contribution in [0.1, 0.15) is 23.6 Å². The van der Waals surface area contributed by atoms with Gasteiger partial charge in [-0.25, -0.2) is 13.2 Å². The molecule has 5 heteroatoms. The maximum absolute atomic E-state index is 13.1. The molecule has 0 fully saturated rings. The van der Waals surface area contributed by atoms with E-state index in [1.54, 1.807) is 6.07 Å². The van der Waals surface area contributed by atoms with Crippen LogP contribution in [-0.4, -0.2) is 0 Å². The quantitative estimate of drug-likeness (QED) is 0.896. The molecule has 1 N–H and O–H groups in total. The summed E-state index contributed by atoms with van der Waals surface area (Å²) >= 11 is 0. The van der Waals surface area contributed by atoms with Crippen LogP contribution >= 0.6 is 0 Å². The molecule has 0 bridgehead atoms. The maximum atomic E-state index is 13.1. The van der Waals surface area contributed by atoms with E-state index in [1.807, 2.05) is 6.07 Å². The lowest BCUT2D eigenvalue weighted by atomic mass is 10.1. The fourth-order valence-corrected chi connectivity index (χ4v) is 1.77. The van der Waals surface area contributed by atoms with Crippen LogP contribution in [0.15, 0.2) is 48.5 Å². The molecule has 2 aromatic rings. The zero-order valence-electron chi connectivity index (χ0n) is 10.4. The van der Waals surface area contributed by atoms with Crippen LogP contribution in [0.2, 0.25) is 0 Å². The molecule has 20 heavy (non-hydrogen) atoms. The van der Waals surface area contributed by atoms with E-state index in [0.717, 1.165) is 0 Å². The van der Waals surface area contributed by atoms with Crippen molar-refractivity contribution in [2.24, 2.45) is 0 Å². The van der Waals surface area contributed by atoms with Crippen molar-refractivity contribution in [2.45, 2.75) is 12.5 Å². The summed E-state index contributed by atoms with van der Waals surface area (Å²) in [5.74, 6) is -0.417. The van der Waals surface area contributed by atoms with E-state index >= 15 is 0 Å². The number of benzene rings is 2. The lowest BCUT2D eigenvalue weighted by Gasteiger charge is -2.13. The summed E-state index contributed by atoms with van der Waals surface area (Å²) in [5.41, 5.74) is 0.895. The van der Waals surface area contributed by atoms with Gasteiger partial charge in [-0.15, -0.1) is 0 Å². The molecule has 0 spiro atoms. The van der Waals surface area contributed by atoms with Gasteiger partial charge in [0.1, 0.15) is 11.9 Å². The molecular weight excluding hydrogens is 265 g/mol. The minimum absolute atomic E-state index is 0.101. The number of anilines is 1. The van der Waals surface area contributed by atoms with Crippen LogP contribution in [0.25, 0.3) is 0 Å². The van der Waals surface area contributed by atoms with E-state index in [2.05, 4.69) is 5.32 Å². The van der Waals surface area contributed by atoms with Crippen LogP contribution in [0.3, 0.4) is 0 Å². The molecule has 0 aromatic heterocycles. The molecular formula is C15H11F3N2. The number of alkyl halides is 2. The summed E-state index contributed by atoms with van der Waals surface area (Å²) in [7, 11) is 0. The Morgan fingerprint density at radius 2 is 1.65 bits per heavy atom. The van der Waals surface area contributed by atoms with Crippen molar-refractivity contribution in [1.82, 2.24) is 0 Å². The largest absolute Gasteiger partial charge is 0.366 e. The van der Waals surface area contributed by atoms with Gasteiger partial charge in [-0.1, -0.05) is 30.3 Å². The number of rotatable bonds is 4. The Hall–Kier alpha value is -2.48. The first-order chi connectivity index (χ1) is 9.60. The van der Waals surface area contributed by atoms with Gasteiger partial charge in [-0.2, -0.15) is 5.26 Å². The minimum atomic E-state index is -2.54. The van der Waals surface area contributed by atoms with Gasteiger partial charge in [0, 0.05) is 11.3 Å². The number of nitriles is 1. The first-order valence-electron chi connectivity index (χ1n) is 5.90. The molecule has 0 amide bonds. The molecule has 0 radical (unpaired) electrons. The highest BCUT2D eigenvalue weighted by Gasteiger charge is 2.12. The van der Waals surface area contributed by atoms with Gasteiger partial charge >= 0.3 is 0 Å². The molecule has 0 aliphatic heterocycles. The lowest BCUT2D eigenvalue weighted by molar-refractivity contribution is 0.151. The first-order valence-corrected chi connectivity index (χ1v) is 5.90. The van der Waals surface area contributed by atoms with Crippen LogP contribution < -0.4 is 5.32 Å². The summed E-state index contributed by atoms with van der Waals surface area (Å²) in [6.45, 7) is 0. The number of nitrogens with zero attached hydrogens (tertiary/aromatic N) is 1. The van der Waals surface area contributed by atoms with Crippen molar-refractivity contribution in [3.63, 3.8) is 0 Å². The molecule has 2 aromatic carbocycles. The van der Waals surface area contributed by atoms with Crippen LogP contribution in [-0.2, 0) is 0 Å². The lowest BCUT2D eigenvalue weighted by Crippen LogP contribution is -2.08. The Morgan fingerprint density at radius 3 is 2.20 bits per heavy atom. The standard InChI is InChI=1S/C15H11F3N2/c16-12-2-1-3-13(8-12)20-14(9-19)10-4-6-11(7-5-10)15(17)18/h1-8,14-15,20H. The second-order valence-corrected chi connectivity index (χ2v) is 4.18. The van der Waals surface area contributed by atoms with Crippen molar-refractivity contribution in [2.75, 3.05) is 5.32 Å². The fraction of sp³-hybridized carbons (Fsp3) is 0.133. The Bertz CT molecular complexity index is 618. The Morgan fingerprint density at radius 1 is 1.00 bits per heavy atom. The van der Waals surface area contributed by atoms with Gasteiger partial charge in [-0.05, 0) is 23.8 Å². The van der Waals surface area contributed by atoms with Gasteiger partial charge < -0.3 is 5.32 Å². The Kier molecular flexibility index (Phi) is 4.26. The van der Waals surface area contributed by atoms with Gasteiger partial charge in [0.2, 0.25) is 0 Å². The van der Waals surface area contributed by atoms with E-state index < -0.39 is 18.3 Å². The second-order valence-electron chi connectivity index (χ2n) is 4.18. The predicted molar refractivity (Wildman–Crippen MR) is 69.8 cm³/mol. The first kappa shape index (κ1) is 13.9. The number of nitrogens with one attached hydrogen (secondary N) is 1. The molecule has 0 aliphatic rings. The van der Waals surface area contributed by atoms with Gasteiger partial charge in [0.15, 0.2) is 0 Å². The zero-order valence-corrected chi connectivity index (χ0v) is 10.4. The topological polar surface area (TPSA) is 35.8 Å². The van der Waals surface area contributed by atoms with Crippen molar-refractivity contribution < 1.29 is 13.2 Å². The van der Waals surface area contributed by atoms with E-state index in [-0.39, 0.29) is 5.56 Å². The summed E-state index contributed by atoms with van der Waals surface area (Å²) in [4.78, 5) is 0. The van der Waals surface area contributed by atoms with E-state index in [0.29, 0.717) is 11.3 Å². The molecule has 2 nitrogen and oxygen atoms in total. The highest BCUT2D eigenvalue weighted by molar-refractivity contribution is 5.47. The van der Waals surface area contributed by atoms with Crippen molar-refractivity contribution in [3.8, 4) is 6.07 Å². The van der Waals surface area contributed by atoms with Crippen LogP contribution in [0.5, 0.6) is 0 Å². The third-order valence-corrected chi connectivity index (χ3v) is 2.79. The molecule has 1 atom stereocenters. The molecule has 0 saturated carbocycles. The van der Waals surface area contributed by atoms with E-state index in [4.69, 9.17) is 5.26 Å². The van der Waals surface area contributed by atoms with E-state index in [1.165, 1.54) is 42.5 Å². The molecule has 1 unspecified atom stereocenters. The highest BCUT2D eigenvalue weighted by atomic mass is 19.3. The number of hydrogen-bond acceptors (Lipinski definition) is 2. The molecule has 102 valence electrons. The molecule has 0 heterocycles. The fourth-order valence-electron chi connectivity index (χ4n) is 1.77. The Labute approximate surface area is 114 Å². The van der Waals surface area contributed by atoms with Crippen LogP contribution in [0, 0.1) is 17.1 Å². The van der Waals surface area contributed by atoms with Crippen molar-refractivity contribution in [3.05, 3.63) is 65.5 Å². The average molecular weight is 276 g/mol. The summed E-state index contributed by atoms with van der Waals surface area (Å²) < 4.78 is 38.0. The predicted octanol–water partition coefficient (Wildman–Crippen LogP) is 4.44. The maximum Gasteiger partial charge on any atom is 0.263 e. The molecule has 2 rings (SSSR count). The van der Waals surface area contributed by atoms with Crippen LogP contribution in [0.4, 0.5) is 18.9 Å². The highest BCUT2D eigenvalue weighted by Crippen LogP contribution is 2.23. The normalized spacial score (nSPS) is 11.9. The van der Waals surface area contributed by atoms with Crippen molar-refractivity contribution in [1.29, 1.82) is 5.26 Å².